The molecule has 1 aliphatic heterocycles. The molecule has 5 rings (SSSR count). The van der Waals surface area contributed by atoms with Gasteiger partial charge in [-0.05, 0) is 98.5 Å². The average molecular weight is 785 g/mol. The largest absolute Gasteiger partial charge is 0.871 e. The van der Waals surface area contributed by atoms with Crippen LogP contribution in [-0.2, 0) is 24.4 Å². The van der Waals surface area contributed by atoms with E-state index in [2.05, 4.69) is 0 Å². The van der Waals surface area contributed by atoms with Crippen LogP contribution in [0.4, 0.5) is 0 Å². The second-order valence-electron chi connectivity index (χ2n) is 14.1. The Bertz CT molecular complexity index is 2020. The number of ether oxygens (including phenoxy) is 3. The summed E-state index contributed by atoms with van der Waals surface area (Å²) in [6, 6.07) is 14.0. The lowest BCUT2D eigenvalue weighted by atomic mass is 9.84. The molecule has 0 saturated carbocycles. The molecule has 0 radical (unpaired) electrons. The highest BCUT2D eigenvalue weighted by atomic mass is 35.5. The highest BCUT2D eigenvalue weighted by Gasteiger charge is 2.35. The van der Waals surface area contributed by atoms with Crippen LogP contribution in [0.2, 0.25) is 20.1 Å². The van der Waals surface area contributed by atoms with Gasteiger partial charge in [0.25, 0.3) is 0 Å². The number of benzene rings is 2. The highest BCUT2D eigenvalue weighted by Crippen LogP contribution is 2.40. The second-order valence-corrected chi connectivity index (χ2v) is 15.8. The van der Waals surface area contributed by atoms with E-state index in [4.69, 9.17) is 65.0 Å². The molecule has 0 spiro atoms. The van der Waals surface area contributed by atoms with Gasteiger partial charge in [-0.2, -0.15) is 0 Å². The third kappa shape index (κ3) is 9.22. The van der Waals surface area contributed by atoms with Crippen LogP contribution in [0.5, 0.6) is 0 Å². The van der Waals surface area contributed by atoms with Crippen molar-refractivity contribution in [2.75, 3.05) is 26.4 Å². The van der Waals surface area contributed by atoms with Crippen molar-refractivity contribution in [2.45, 2.75) is 59.8 Å². The fraction of sp³-hybridized carbons (Fsp3) is 0.333. The van der Waals surface area contributed by atoms with Crippen molar-refractivity contribution >= 4 is 64.0 Å². The third-order valence-corrected chi connectivity index (χ3v) is 10.1. The maximum Gasteiger partial charge on any atom is 0.360 e. The first kappa shape index (κ1) is 39.8. The molecular weight excluding hydrogens is 742 g/mol. The number of carbonyl (C=O) groups is 1. The van der Waals surface area contributed by atoms with Crippen LogP contribution in [0.1, 0.15) is 71.3 Å². The van der Waals surface area contributed by atoms with Gasteiger partial charge >= 0.3 is 11.5 Å². The normalized spacial score (nSPS) is 16.6. The molecule has 10 heteroatoms. The maximum absolute atomic E-state index is 13.7. The van der Waals surface area contributed by atoms with Crippen molar-refractivity contribution in [3.8, 4) is 11.3 Å². The summed E-state index contributed by atoms with van der Waals surface area (Å²) in [4.78, 5) is 13.7. The van der Waals surface area contributed by atoms with E-state index in [1.807, 2.05) is 53.7 Å². The number of hydrogen-bond donors (Lipinski definition) is 0. The van der Waals surface area contributed by atoms with Gasteiger partial charge in [0.2, 0.25) is 0 Å². The van der Waals surface area contributed by atoms with Crippen molar-refractivity contribution in [3.63, 3.8) is 0 Å². The number of allylic oxidation sites excluding steroid dienone is 6. The maximum atomic E-state index is 13.7. The van der Waals surface area contributed by atoms with E-state index in [0.29, 0.717) is 91.8 Å². The Kier molecular flexibility index (Phi) is 12.8. The molecule has 52 heavy (non-hydrogen) atoms. The third-order valence-electron chi connectivity index (χ3n) is 8.60. The summed E-state index contributed by atoms with van der Waals surface area (Å²) in [5, 5.41) is 15.2. The number of ketones is 1. The van der Waals surface area contributed by atoms with Crippen LogP contribution in [0.3, 0.4) is 0 Å². The first-order chi connectivity index (χ1) is 24.6. The number of hydrogen-bond acceptors (Lipinski definition) is 5. The Balaban J connectivity index is 1.55. The lowest BCUT2D eigenvalue weighted by molar-refractivity contribution is -0.300. The molecule has 2 heterocycles. The van der Waals surface area contributed by atoms with Gasteiger partial charge in [0.15, 0.2) is 5.78 Å². The molecule has 0 unspecified atom stereocenters. The first-order valence-electron chi connectivity index (χ1n) is 17.2. The average Bonchev–Trinajstić information content (AvgIpc) is 3.11. The van der Waals surface area contributed by atoms with E-state index in [9.17, 15) is 9.90 Å². The summed E-state index contributed by atoms with van der Waals surface area (Å²) >= 11 is 25.1. The summed E-state index contributed by atoms with van der Waals surface area (Å²) < 4.78 is 24.5. The molecule has 0 fully saturated rings. The monoisotopic (exact) mass is 782 g/mol. The molecule has 2 aliphatic rings. The van der Waals surface area contributed by atoms with E-state index in [0.717, 1.165) is 12.8 Å². The molecule has 6 nitrogen and oxygen atoms in total. The highest BCUT2D eigenvalue weighted by molar-refractivity contribution is 6.42. The lowest BCUT2D eigenvalue weighted by Gasteiger charge is -2.32. The smallest absolute Gasteiger partial charge is 0.360 e. The number of halogens is 4. The minimum absolute atomic E-state index is 0.0716. The van der Waals surface area contributed by atoms with Gasteiger partial charge < -0.3 is 19.3 Å². The summed E-state index contributed by atoms with van der Waals surface area (Å²) in [6.45, 7) is 14.2. The van der Waals surface area contributed by atoms with Gasteiger partial charge in [0.1, 0.15) is 16.9 Å². The Morgan fingerprint density at radius 2 is 1.37 bits per heavy atom. The van der Waals surface area contributed by atoms with Gasteiger partial charge in [-0.25, -0.2) is 4.42 Å². The Morgan fingerprint density at radius 3 is 1.96 bits per heavy atom. The molecule has 1 aliphatic carbocycles. The van der Waals surface area contributed by atoms with Crippen LogP contribution >= 0.6 is 46.4 Å². The zero-order valence-corrected chi connectivity index (χ0v) is 33.2. The van der Waals surface area contributed by atoms with Gasteiger partial charge in [0, 0.05) is 41.4 Å². The van der Waals surface area contributed by atoms with E-state index in [1.54, 1.807) is 60.7 Å². The van der Waals surface area contributed by atoms with Crippen molar-refractivity contribution in [1.82, 2.24) is 0 Å². The van der Waals surface area contributed by atoms with Crippen LogP contribution < -0.4 is 5.11 Å². The fourth-order valence-electron chi connectivity index (χ4n) is 5.58. The summed E-state index contributed by atoms with van der Waals surface area (Å²) in [7, 11) is 0. The lowest BCUT2D eigenvalue weighted by Crippen LogP contribution is -2.29. The van der Waals surface area contributed by atoms with Gasteiger partial charge in [-0.1, -0.05) is 79.9 Å². The van der Waals surface area contributed by atoms with Gasteiger partial charge in [0.05, 0.1) is 44.9 Å². The standard InChI is InChI=1S/C42H42Cl4O6/c1-7-13-49-23-41(3,4)37-19-25(17-35(51-37)27-9-11-31(43)33(45)21-27)15-29-39(47)30(40(29)48)16-26-18-36(28-10-12-32(44)34(46)22-28)52-38(20-26)42(5,6)24-50-14-8-2/h9-12,15-22H,7-8,13-14,23-24H2,1-6H3. The molecule has 1 aromatic heterocycles. The van der Waals surface area contributed by atoms with Crippen molar-refractivity contribution in [1.29, 1.82) is 0 Å². The zero-order chi connectivity index (χ0) is 37.8. The summed E-state index contributed by atoms with van der Waals surface area (Å²) in [5.41, 5.74) is 1.73. The first-order valence-corrected chi connectivity index (χ1v) is 18.7. The van der Waals surface area contributed by atoms with Crippen LogP contribution in [-0.4, -0.2) is 32.2 Å². The second kappa shape index (κ2) is 16.8. The van der Waals surface area contributed by atoms with E-state index in [-0.39, 0.29) is 22.7 Å². The minimum atomic E-state index is -0.523. The fourth-order valence-corrected chi connectivity index (χ4v) is 6.17. The van der Waals surface area contributed by atoms with Crippen LogP contribution in [0, 0.1) is 5.41 Å². The number of rotatable bonds is 14. The van der Waals surface area contributed by atoms with E-state index >= 15 is 0 Å². The zero-order valence-electron chi connectivity index (χ0n) is 30.1. The van der Waals surface area contributed by atoms with Crippen molar-refractivity contribution in [2.24, 2.45) is 5.41 Å². The molecule has 0 amide bonds. The Hall–Kier alpha value is -3.36. The molecule has 274 valence electrons. The van der Waals surface area contributed by atoms with Crippen molar-refractivity contribution < 1.29 is 28.5 Å². The molecule has 3 aromatic rings. The van der Waals surface area contributed by atoms with E-state index < -0.39 is 10.8 Å². The Labute approximate surface area is 326 Å². The van der Waals surface area contributed by atoms with E-state index in [1.165, 1.54) is 0 Å². The summed E-state index contributed by atoms with van der Waals surface area (Å²) in [5.74, 6) is 1.52. The van der Waals surface area contributed by atoms with Gasteiger partial charge in [-0.15, -0.1) is 0 Å². The number of carbonyl (C=O) groups excluding carboxylic acids is 1. The number of Topliss-reactive ketones (excluding diaryl/α,β-unsaturated/α-hetero) is 1. The Morgan fingerprint density at radius 1 is 0.769 bits per heavy atom. The molecule has 0 atom stereocenters. The molecule has 0 N–H and O–H groups in total. The molecule has 0 bridgehead atoms. The van der Waals surface area contributed by atoms with Crippen molar-refractivity contribution in [3.05, 3.63) is 132 Å². The van der Waals surface area contributed by atoms with Crippen LogP contribution in [0.25, 0.3) is 23.2 Å². The molecular formula is C42H42Cl4O6. The molecule has 2 aromatic carbocycles. The SMILES string of the molecule is CCCOCC(C)(C)C1=CC(=CC2=C([O-])C(=Cc3cc(-c4ccc(Cl)c(Cl)c4)[o+]c(C(C)(C)COCCC)c3)C2=O)C=C(c2ccc(Cl)c(Cl)c2)O1. The van der Waals surface area contributed by atoms with Gasteiger partial charge in [-0.3, -0.25) is 4.79 Å². The van der Waals surface area contributed by atoms with Crippen LogP contribution in [0.15, 0.2) is 99.4 Å². The quantitative estimate of drug-likeness (QED) is 0.0920. The predicted molar refractivity (Wildman–Crippen MR) is 209 cm³/mol. The molecule has 0 saturated heterocycles. The predicted octanol–water partition coefficient (Wildman–Crippen LogP) is 11.5. The minimum Gasteiger partial charge on any atom is -0.871 e. The topological polar surface area (TPSA) is 79.1 Å². The summed E-state index contributed by atoms with van der Waals surface area (Å²) in [6.07, 6.45) is 8.59.